The van der Waals surface area contributed by atoms with Gasteiger partial charge in [-0.05, 0) is 44.6 Å². The second kappa shape index (κ2) is 8.18. The fourth-order valence-corrected chi connectivity index (χ4v) is 2.34. The van der Waals surface area contributed by atoms with Crippen LogP contribution in [0.15, 0.2) is 24.3 Å². The number of hydrogen-bond donors (Lipinski definition) is 1. The second-order valence-corrected chi connectivity index (χ2v) is 5.05. The zero-order valence-electron chi connectivity index (χ0n) is 12.9. The first-order valence-electron chi connectivity index (χ1n) is 7.23. The van der Waals surface area contributed by atoms with E-state index in [9.17, 15) is 0 Å². The molecule has 0 fully saturated rings. The predicted octanol–water partition coefficient (Wildman–Crippen LogP) is 3.08. The summed E-state index contributed by atoms with van der Waals surface area (Å²) in [6.07, 6.45) is 0. The van der Waals surface area contributed by atoms with Crippen molar-refractivity contribution in [2.45, 2.75) is 39.8 Å². The van der Waals surface area contributed by atoms with Crippen LogP contribution in [0, 0.1) is 0 Å². The molecule has 1 rings (SSSR count). The highest BCUT2D eigenvalue weighted by Gasteiger charge is 2.11. The summed E-state index contributed by atoms with van der Waals surface area (Å²) in [7, 11) is 1.70. The van der Waals surface area contributed by atoms with Gasteiger partial charge in [-0.15, -0.1) is 0 Å². The van der Waals surface area contributed by atoms with Crippen LogP contribution in [-0.4, -0.2) is 37.7 Å². The van der Waals surface area contributed by atoms with E-state index in [1.807, 2.05) is 12.1 Å². The Hall–Kier alpha value is -1.06. The molecule has 3 heteroatoms. The summed E-state index contributed by atoms with van der Waals surface area (Å²) in [4.78, 5) is 2.44. The molecule has 3 nitrogen and oxygen atoms in total. The van der Waals surface area contributed by atoms with E-state index in [0.29, 0.717) is 12.1 Å². The van der Waals surface area contributed by atoms with Crippen LogP contribution in [0.2, 0.25) is 0 Å². The molecular formula is C16H28N2O. The Bertz CT molecular complexity index is 346. The van der Waals surface area contributed by atoms with Crippen molar-refractivity contribution in [2.24, 2.45) is 0 Å². The number of benzene rings is 1. The quantitative estimate of drug-likeness (QED) is 0.781. The minimum Gasteiger partial charge on any atom is -0.497 e. The molecule has 0 saturated heterocycles. The molecule has 0 spiro atoms. The third-order valence-electron chi connectivity index (χ3n) is 3.58. The van der Waals surface area contributed by atoms with Crippen molar-refractivity contribution in [3.63, 3.8) is 0 Å². The standard InChI is InChI=1S/C16H28N2O/c1-6-18(7-2)12-13(3)17-14(4)15-8-10-16(19-5)11-9-15/h8-11,13-14,17H,6-7,12H2,1-5H3. The monoisotopic (exact) mass is 264 g/mol. The average Bonchev–Trinajstić information content (AvgIpc) is 2.44. The van der Waals surface area contributed by atoms with Crippen LogP contribution in [-0.2, 0) is 0 Å². The summed E-state index contributed by atoms with van der Waals surface area (Å²) in [5.74, 6) is 0.909. The van der Waals surface area contributed by atoms with Gasteiger partial charge in [0.2, 0.25) is 0 Å². The number of nitrogens with zero attached hydrogens (tertiary/aromatic N) is 1. The normalized spacial score (nSPS) is 14.4. The van der Waals surface area contributed by atoms with Crippen LogP contribution in [0.25, 0.3) is 0 Å². The van der Waals surface area contributed by atoms with E-state index in [2.05, 4.69) is 50.0 Å². The third-order valence-corrected chi connectivity index (χ3v) is 3.58. The number of hydrogen-bond acceptors (Lipinski definition) is 3. The Morgan fingerprint density at radius 1 is 1.11 bits per heavy atom. The molecule has 19 heavy (non-hydrogen) atoms. The summed E-state index contributed by atoms with van der Waals surface area (Å²) in [5, 5.41) is 3.65. The van der Waals surface area contributed by atoms with Gasteiger partial charge in [-0.2, -0.15) is 0 Å². The second-order valence-electron chi connectivity index (χ2n) is 5.05. The minimum atomic E-state index is 0.358. The van der Waals surface area contributed by atoms with Crippen molar-refractivity contribution in [1.82, 2.24) is 10.2 Å². The molecule has 2 atom stereocenters. The fourth-order valence-electron chi connectivity index (χ4n) is 2.34. The first kappa shape index (κ1) is 16.0. The van der Waals surface area contributed by atoms with Gasteiger partial charge in [0.1, 0.15) is 5.75 Å². The van der Waals surface area contributed by atoms with Gasteiger partial charge in [-0.25, -0.2) is 0 Å². The van der Waals surface area contributed by atoms with E-state index in [-0.39, 0.29) is 0 Å². The molecule has 0 bridgehead atoms. The summed E-state index contributed by atoms with van der Waals surface area (Å²) in [6, 6.07) is 9.13. The molecule has 0 aliphatic carbocycles. The highest BCUT2D eigenvalue weighted by Crippen LogP contribution is 2.17. The van der Waals surface area contributed by atoms with Crippen LogP contribution in [0.5, 0.6) is 5.75 Å². The van der Waals surface area contributed by atoms with Crippen molar-refractivity contribution < 1.29 is 4.74 Å². The fraction of sp³-hybridized carbons (Fsp3) is 0.625. The van der Waals surface area contributed by atoms with Gasteiger partial charge in [0.15, 0.2) is 0 Å². The highest BCUT2D eigenvalue weighted by molar-refractivity contribution is 5.28. The molecular weight excluding hydrogens is 236 g/mol. The summed E-state index contributed by atoms with van der Waals surface area (Å²) in [6.45, 7) is 12.2. The summed E-state index contributed by atoms with van der Waals surface area (Å²) in [5.41, 5.74) is 1.30. The largest absolute Gasteiger partial charge is 0.497 e. The molecule has 0 aliphatic heterocycles. The molecule has 108 valence electrons. The van der Waals surface area contributed by atoms with Crippen molar-refractivity contribution in [1.29, 1.82) is 0 Å². The van der Waals surface area contributed by atoms with Gasteiger partial charge in [0.25, 0.3) is 0 Å². The lowest BCUT2D eigenvalue weighted by atomic mass is 10.1. The van der Waals surface area contributed by atoms with E-state index < -0.39 is 0 Å². The van der Waals surface area contributed by atoms with Crippen molar-refractivity contribution in [3.8, 4) is 5.75 Å². The van der Waals surface area contributed by atoms with Gasteiger partial charge in [-0.3, -0.25) is 0 Å². The van der Waals surface area contributed by atoms with Crippen LogP contribution >= 0.6 is 0 Å². The van der Waals surface area contributed by atoms with E-state index in [1.165, 1.54) is 5.56 Å². The Morgan fingerprint density at radius 2 is 1.68 bits per heavy atom. The first-order chi connectivity index (χ1) is 9.10. The van der Waals surface area contributed by atoms with Gasteiger partial charge in [0, 0.05) is 18.6 Å². The molecule has 0 heterocycles. The topological polar surface area (TPSA) is 24.5 Å². The lowest BCUT2D eigenvalue weighted by molar-refractivity contribution is 0.264. The van der Waals surface area contributed by atoms with Crippen LogP contribution in [0.4, 0.5) is 0 Å². The Balaban J connectivity index is 2.50. The van der Waals surface area contributed by atoms with Crippen molar-refractivity contribution >= 4 is 0 Å². The van der Waals surface area contributed by atoms with Gasteiger partial charge in [-0.1, -0.05) is 26.0 Å². The first-order valence-corrected chi connectivity index (χ1v) is 7.23. The third kappa shape index (κ3) is 5.21. The lowest BCUT2D eigenvalue weighted by Gasteiger charge is -2.26. The van der Waals surface area contributed by atoms with Crippen molar-refractivity contribution in [3.05, 3.63) is 29.8 Å². The number of nitrogens with one attached hydrogen (secondary N) is 1. The minimum absolute atomic E-state index is 0.358. The number of methoxy groups -OCH3 is 1. The van der Waals surface area contributed by atoms with Gasteiger partial charge < -0.3 is 15.0 Å². The summed E-state index contributed by atoms with van der Waals surface area (Å²) < 4.78 is 5.18. The molecule has 1 aromatic rings. The maximum absolute atomic E-state index is 5.18. The number of ether oxygens (including phenoxy) is 1. The smallest absolute Gasteiger partial charge is 0.118 e. The Labute approximate surface area is 118 Å². The Morgan fingerprint density at radius 3 is 2.16 bits per heavy atom. The van der Waals surface area contributed by atoms with Gasteiger partial charge in [0.05, 0.1) is 7.11 Å². The summed E-state index contributed by atoms with van der Waals surface area (Å²) >= 11 is 0. The zero-order chi connectivity index (χ0) is 14.3. The molecule has 0 saturated carbocycles. The molecule has 1 N–H and O–H groups in total. The van der Waals surface area contributed by atoms with Gasteiger partial charge >= 0.3 is 0 Å². The number of rotatable bonds is 8. The van der Waals surface area contributed by atoms with E-state index in [0.717, 1.165) is 25.4 Å². The zero-order valence-corrected chi connectivity index (χ0v) is 12.9. The predicted molar refractivity (Wildman–Crippen MR) is 81.8 cm³/mol. The lowest BCUT2D eigenvalue weighted by Crippen LogP contribution is -2.40. The molecule has 0 aromatic heterocycles. The molecule has 2 unspecified atom stereocenters. The molecule has 0 radical (unpaired) electrons. The van der Waals surface area contributed by atoms with E-state index in [4.69, 9.17) is 4.74 Å². The molecule has 0 aliphatic rings. The molecule has 0 amide bonds. The molecule has 1 aromatic carbocycles. The Kier molecular flexibility index (Phi) is 6.89. The maximum Gasteiger partial charge on any atom is 0.118 e. The highest BCUT2D eigenvalue weighted by atomic mass is 16.5. The average molecular weight is 264 g/mol. The number of likely N-dealkylation sites (N-methyl/N-ethyl adjacent to an activating group) is 1. The van der Waals surface area contributed by atoms with Crippen molar-refractivity contribution in [2.75, 3.05) is 26.7 Å². The van der Waals surface area contributed by atoms with E-state index in [1.54, 1.807) is 7.11 Å². The van der Waals surface area contributed by atoms with Crippen LogP contribution in [0.3, 0.4) is 0 Å². The maximum atomic E-state index is 5.18. The SMILES string of the molecule is CCN(CC)CC(C)NC(C)c1ccc(OC)cc1. The van der Waals surface area contributed by atoms with Crippen LogP contribution in [0.1, 0.15) is 39.3 Å². The van der Waals surface area contributed by atoms with Crippen LogP contribution < -0.4 is 10.1 Å². The van der Waals surface area contributed by atoms with E-state index >= 15 is 0 Å².